The summed E-state index contributed by atoms with van der Waals surface area (Å²) < 4.78 is 0. The third-order valence-electron chi connectivity index (χ3n) is 5.43. The molecule has 2 N–H and O–H groups in total. The van der Waals surface area contributed by atoms with Crippen molar-refractivity contribution in [1.82, 2.24) is 4.90 Å². The van der Waals surface area contributed by atoms with Crippen molar-refractivity contribution in [2.24, 2.45) is 11.7 Å². The lowest BCUT2D eigenvalue weighted by atomic mass is 9.63. The SMILES string of the molecule is CC(N)C1CCCN(C(=O)C2(c3ccccc3)CCC2)C1.Cl. The van der Waals surface area contributed by atoms with Gasteiger partial charge in [-0.3, -0.25) is 4.79 Å². The van der Waals surface area contributed by atoms with E-state index in [9.17, 15) is 4.79 Å². The molecule has 4 heteroatoms. The molecule has 1 aromatic rings. The van der Waals surface area contributed by atoms with Crippen molar-refractivity contribution in [3.63, 3.8) is 0 Å². The van der Waals surface area contributed by atoms with Gasteiger partial charge in [-0.1, -0.05) is 36.8 Å². The summed E-state index contributed by atoms with van der Waals surface area (Å²) in [5.74, 6) is 0.792. The van der Waals surface area contributed by atoms with E-state index in [1.165, 1.54) is 5.56 Å². The highest BCUT2D eigenvalue weighted by atomic mass is 35.5. The maximum atomic E-state index is 13.2. The lowest BCUT2D eigenvalue weighted by molar-refractivity contribution is -0.143. The number of amides is 1. The highest BCUT2D eigenvalue weighted by molar-refractivity contribution is 5.89. The van der Waals surface area contributed by atoms with Crippen LogP contribution in [-0.2, 0) is 10.2 Å². The Morgan fingerprint density at radius 2 is 1.95 bits per heavy atom. The molecule has 122 valence electrons. The molecule has 2 aliphatic rings. The van der Waals surface area contributed by atoms with Crippen molar-refractivity contribution < 1.29 is 4.79 Å². The zero-order valence-electron chi connectivity index (χ0n) is 13.3. The van der Waals surface area contributed by atoms with E-state index in [1.54, 1.807) is 0 Å². The predicted molar refractivity (Wildman–Crippen MR) is 92.2 cm³/mol. The Hall–Kier alpha value is -1.06. The number of nitrogens with two attached hydrogens (primary N) is 1. The molecule has 1 amide bonds. The van der Waals surface area contributed by atoms with Crippen LogP contribution in [0.25, 0.3) is 0 Å². The minimum atomic E-state index is -0.249. The number of carbonyl (C=O) groups excluding carboxylic acids is 1. The maximum Gasteiger partial charge on any atom is 0.233 e. The number of carbonyl (C=O) groups is 1. The molecule has 1 saturated carbocycles. The van der Waals surface area contributed by atoms with E-state index in [0.717, 1.165) is 45.2 Å². The van der Waals surface area contributed by atoms with Crippen molar-refractivity contribution in [2.75, 3.05) is 13.1 Å². The Labute approximate surface area is 139 Å². The van der Waals surface area contributed by atoms with E-state index in [-0.39, 0.29) is 23.9 Å². The van der Waals surface area contributed by atoms with Gasteiger partial charge < -0.3 is 10.6 Å². The van der Waals surface area contributed by atoms with Crippen LogP contribution in [-0.4, -0.2) is 29.9 Å². The molecule has 0 bridgehead atoms. The van der Waals surface area contributed by atoms with Crippen LogP contribution in [0.3, 0.4) is 0 Å². The van der Waals surface area contributed by atoms with Gasteiger partial charge in [0, 0.05) is 19.1 Å². The summed E-state index contributed by atoms with van der Waals surface area (Å²) in [6, 6.07) is 10.5. The molecule has 3 rings (SSSR count). The zero-order valence-corrected chi connectivity index (χ0v) is 14.1. The molecular formula is C18H27ClN2O. The van der Waals surface area contributed by atoms with Gasteiger partial charge in [0.05, 0.1) is 5.41 Å². The standard InChI is InChI=1S/C18H26N2O.ClH/c1-14(19)15-7-5-12-20(13-15)17(21)18(10-6-11-18)16-8-3-2-4-9-16;/h2-4,8-9,14-15H,5-7,10-13,19H2,1H3;1H. The highest BCUT2D eigenvalue weighted by Gasteiger charge is 2.48. The van der Waals surface area contributed by atoms with Crippen LogP contribution in [0.4, 0.5) is 0 Å². The molecule has 1 saturated heterocycles. The van der Waals surface area contributed by atoms with Crippen LogP contribution in [0.15, 0.2) is 30.3 Å². The van der Waals surface area contributed by atoms with Gasteiger partial charge in [-0.05, 0) is 44.1 Å². The van der Waals surface area contributed by atoms with Crippen LogP contribution < -0.4 is 5.73 Å². The van der Waals surface area contributed by atoms with Gasteiger partial charge in [0.1, 0.15) is 0 Å². The quantitative estimate of drug-likeness (QED) is 0.929. The molecule has 3 nitrogen and oxygen atoms in total. The largest absolute Gasteiger partial charge is 0.342 e. The average molecular weight is 323 g/mol. The maximum absolute atomic E-state index is 13.2. The third-order valence-corrected chi connectivity index (χ3v) is 5.43. The van der Waals surface area contributed by atoms with Crippen LogP contribution in [0.5, 0.6) is 0 Å². The molecule has 2 fully saturated rings. The minimum absolute atomic E-state index is 0. The summed E-state index contributed by atoms with van der Waals surface area (Å²) in [5.41, 5.74) is 7.01. The lowest BCUT2D eigenvalue weighted by Gasteiger charge is -2.46. The van der Waals surface area contributed by atoms with Crippen molar-refractivity contribution in [3.05, 3.63) is 35.9 Å². The number of likely N-dealkylation sites (tertiary alicyclic amines) is 1. The fourth-order valence-corrected chi connectivity index (χ4v) is 3.84. The van der Waals surface area contributed by atoms with Crippen LogP contribution >= 0.6 is 12.4 Å². The minimum Gasteiger partial charge on any atom is -0.342 e. The molecule has 2 unspecified atom stereocenters. The Balaban J connectivity index is 0.00000176. The van der Waals surface area contributed by atoms with Gasteiger partial charge in [-0.25, -0.2) is 0 Å². The number of benzene rings is 1. The number of nitrogens with zero attached hydrogens (tertiary/aromatic N) is 1. The predicted octanol–water partition coefficient (Wildman–Crippen LogP) is 3.12. The van der Waals surface area contributed by atoms with E-state index < -0.39 is 0 Å². The van der Waals surface area contributed by atoms with Crippen molar-refractivity contribution in [1.29, 1.82) is 0 Å². The first-order chi connectivity index (χ1) is 10.1. The normalized spacial score (nSPS) is 24.8. The molecule has 2 atom stereocenters. The van der Waals surface area contributed by atoms with Gasteiger partial charge in [-0.2, -0.15) is 0 Å². The Kier molecular flexibility index (Phi) is 5.51. The van der Waals surface area contributed by atoms with Gasteiger partial charge in [0.2, 0.25) is 5.91 Å². The number of halogens is 1. The monoisotopic (exact) mass is 322 g/mol. The highest BCUT2D eigenvalue weighted by Crippen LogP contribution is 2.45. The second-order valence-corrected chi connectivity index (χ2v) is 6.81. The van der Waals surface area contributed by atoms with E-state index in [0.29, 0.717) is 11.8 Å². The fourth-order valence-electron chi connectivity index (χ4n) is 3.84. The average Bonchev–Trinajstić information content (AvgIpc) is 2.47. The van der Waals surface area contributed by atoms with Gasteiger partial charge in [0.15, 0.2) is 0 Å². The Bertz CT molecular complexity index is 499. The number of rotatable bonds is 3. The molecule has 1 aliphatic heterocycles. The summed E-state index contributed by atoms with van der Waals surface area (Å²) in [7, 11) is 0. The molecule has 0 radical (unpaired) electrons. The smallest absolute Gasteiger partial charge is 0.233 e. The molecule has 1 aromatic carbocycles. The van der Waals surface area contributed by atoms with E-state index >= 15 is 0 Å². The van der Waals surface area contributed by atoms with E-state index in [4.69, 9.17) is 5.73 Å². The van der Waals surface area contributed by atoms with Crippen LogP contribution in [0.2, 0.25) is 0 Å². The first-order valence-electron chi connectivity index (χ1n) is 8.24. The molecule has 22 heavy (non-hydrogen) atoms. The summed E-state index contributed by atoms with van der Waals surface area (Å²) in [6.07, 6.45) is 5.39. The van der Waals surface area contributed by atoms with E-state index in [1.807, 2.05) is 18.2 Å². The topological polar surface area (TPSA) is 46.3 Å². The molecule has 0 spiro atoms. The number of hydrogen-bond donors (Lipinski definition) is 1. The van der Waals surface area contributed by atoms with Gasteiger partial charge in [0.25, 0.3) is 0 Å². The number of hydrogen-bond acceptors (Lipinski definition) is 2. The molecular weight excluding hydrogens is 296 g/mol. The van der Waals surface area contributed by atoms with Crippen LogP contribution in [0.1, 0.15) is 44.6 Å². The lowest BCUT2D eigenvalue weighted by Crippen LogP contribution is -2.54. The van der Waals surface area contributed by atoms with Crippen LogP contribution in [0, 0.1) is 5.92 Å². The third kappa shape index (κ3) is 3.02. The van der Waals surface area contributed by atoms with E-state index in [2.05, 4.69) is 24.0 Å². The fraction of sp³-hybridized carbons (Fsp3) is 0.611. The first-order valence-corrected chi connectivity index (χ1v) is 8.24. The summed E-state index contributed by atoms with van der Waals surface area (Å²) in [5, 5.41) is 0. The Morgan fingerprint density at radius 3 is 2.50 bits per heavy atom. The molecule has 0 aromatic heterocycles. The summed E-state index contributed by atoms with van der Waals surface area (Å²) in [6.45, 7) is 3.80. The molecule has 1 heterocycles. The Morgan fingerprint density at radius 1 is 1.27 bits per heavy atom. The van der Waals surface area contributed by atoms with Crippen molar-refractivity contribution in [2.45, 2.75) is 50.5 Å². The second-order valence-electron chi connectivity index (χ2n) is 6.81. The van der Waals surface area contributed by atoms with Crippen molar-refractivity contribution in [3.8, 4) is 0 Å². The molecule has 1 aliphatic carbocycles. The van der Waals surface area contributed by atoms with Crippen molar-refractivity contribution >= 4 is 18.3 Å². The zero-order chi connectivity index (χ0) is 14.9. The summed E-state index contributed by atoms with van der Waals surface area (Å²) >= 11 is 0. The summed E-state index contributed by atoms with van der Waals surface area (Å²) in [4.78, 5) is 15.2. The van der Waals surface area contributed by atoms with Gasteiger partial charge in [-0.15, -0.1) is 12.4 Å². The van der Waals surface area contributed by atoms with Gasteiger partial charge >= 0.3 is 0 Å². The number of piperidine rings is 1. The second kappa shape index (κ2) is 7.01. The first kappa shape index (κ1) is 17.3.